The van der Waals surface area contributed by atoms with Crippen molar-refractivity contribution in [2.45, 2.75) is 19.1 Å². The normalized spacial score (nSPS) is 12.6. The van der Waals surface area contributed by atoms with Gasteiger partial charge in [0.1, 0.15) is 11.6 Å². The molecule has 20 heavy (non-hydrogen) atoms. The number of nitrogens with zero attached hydrogens (tertiary/aromatic N) is 1. The van der Waals surface area contributed by atoms with E-state index in [9.17, 15) is 22.8 Å². The number of rotatable bonds is 5. The number of halogens is 3. The molecule has 6 nitrogen and oxygen atoms in total. The lowest BCUT2D eigenvalue weighted by Crippen LogP contribution is -2.38. The number of carbonyl (C=O) groups excluding carboxylic acids is 1. The van der Waals surface area contributed by atoms with Crippen LogP contribution < -0.4 is 10.1 Å². The van der Waals surface area contributed by atoms with Gasteiger partial charge in [-0.1, -0.05) is 0 Å². The predicted octanol–water partition coefficient (Wildman–Crippen LogP) is 1.23. The van der Waals surface area contributed by atoms with E-state index in [2.05, 4.69) is 15.0 Å². The zero-order valence-corrected chi connectivity index (χ0v) is 10.3. The maximum Gasteiger partial charge on any atom is 0.422 e. The monoisotopic (exact) mass is 292 g/mol. The molecule has 0 bridgehead atoms. The van der Waals surface area contributed by atoms with Gasteiger partial charge in [0.25, 0.3) is 5.91 Å². The number of pyridine rings is 1. The zero-order chi connectivity index (χ0) is 15.3. The van der Waals surface area contributed by atoms with Crippen molar-refractivity contribution in [1.29, 1.82) is 0 Å². The van der Waals surface area contributed by atoms with Crippen LogP contribution in [0.4, 0.5) is 13.2 Å². The minimum atomic E-state index is -4.57. The summed E-state index contributed by atoms with van der Waals surface area (Å²) in [6, 6.07) is 1.31. The first kappa shape index (κ1) is 15.7. The van der Waals surface area contributed by atoms with E-state index in [0.29, 0.717) is 0 Å². The summed E-state index contributed by atoms with van der Waals surface area (Å²) in [7, 11) is 0. The summed E-state index contributed by atoms with van der Waals surface area (Å²) in [5.74, 6) is -2.68. The molecule has 1 heterocycles. The van der Waals surface area contributed by atoms with Crippen molar-refractivity contribution in [3.05, 3.63) is 23.9 Å². The average Bonchev–Trinajstić information content (AvgIpc) is 2.35. The molecule has 0 spiro atoms. The fourth-order valence-electron chi connectivity index (χ4n) is 1.16. The van der Waals surface area contributed by atoms with E-state index in [-0.39, 0.29) is 5.56 Å². The highest BCUT2D eigenvalue weighted by molar-refractivity contribution is 5.98. The fraction of sp³-hybridized carbons (Fsp3) is 0.364. The molecule has 9 heteroatoms. The van der Waals surface area contributed by atoms with Crippen molar-refractivity contribution >= 4 is 11.9 Å². The Morgan fingerprint density at radius 1 is 1.50 bits per heavy atom. The summed E-state index contributed by atoms with van der Waals surface area (Å²) in [5, 5.41) is 10.7. The number of carboxylic acid groups (broad SMARTS) is 1. The second-order valence-corrected chi connectivity index (χ2v) is 3.79. The van der Waals surface area contributed by atoms with Crippen molar-refractivity contribution in [3.8, 4) is 5.88 Å². The standard InChI is InChI=1S/C11H11F3N2O4/c1-6(10(18)19)16-8(17)7-3-2-4-15-9(7)20-5-11(12,13)14/h2-4,6H,5H2,1H3,(H,16,17)(H,18,19). The quantitative estimate of drug-likeness (QED) is 0.852. The van der Waals surface area contributed by atoms with Gasteiger partial charge in [-0.2, -0.15) is 13.2 Å². The second kappa shape index (κ2) is 6.22. The van der Waals surface area contributed by atoms with Gasteiger partial charge in [-0.05, 0) is 19.1 Å². The van der Waals surface area contributed by atoms with Crippen LogP contribution in [0.1, 0.15) is 17.3 Å². The molecule has 110 valence electrons. The molecular formula is C11H11F3N2O4. The van der Waals surface area contributed by atoms with Crippen molar-refractivity contribution in [1.82, 2.24) is 10.3 Å². The number of hydrogen-bond acceptors (Lipinski definition) is 4. The number of carbonyl (C=O) groups is 2. The van der Waals surface area contributed by atoms with Gasteiger partial charge in [0.15, 0.2) is 6.61 Å². The van der Waals surface area contributed by atoms with Crippen LogP contribution in [0.2, 0.25) is 0 Å². The van der Waals surface area contributed by atoms with Crippen molar-refractivity contribution in [2.75, 3.05) is 6.61 Å². The van der Waals surface area contributed by atoms with Gasteiger partial charge >= 0.3 is 12.1 Å². The molecule has 0 saturated carbocycles. The molecule has 1 aromatic rings. The molecule has 0 aliphatic carbocycles. The molecule has 1 rings (SSSR count). The van der Waals surface area contributed by atoms with E-state index in [0.717, 1.165) is 6.20 Å². The maximum absolute atomic E-state index is 12.1. The van der Waals surface area contributed by atoms with Gasteiger partial charge in [0, 0.05) is 6.20 Å². The van der Waals surface area contributed by atoms with Crippen LogP contribution in [0.3, 0.4) is 0 Å². The van der Waals surface area contributed by atoms with Crippen LogP contribution in [0.15, 0.2) is 18.3 Å². The van der Waals surface area contributed by atoms with E-state index in [1.807, 2.05) is 0 Å². The van der Waals surface area contributed by atoms with E-state index in [1.54, 1.807) is 0 Å². The third kappa shape index (κ3) is 4.75. The number of alkyl halides is 3. The molecule has 0 aromatic carbocycles. The first-order valence-corrected chi connectivity index (χ1v) is 5.39. The molecule has 1 amide bonds. The van der Waals surface area contributed by atoms with Crippen LogP contribution in [0.5, 0.6) is 5.88 Å². The Kier molecular flexibility index (Phi) is 4.89. The van der Waals surface area contributed by atoms with Crippen LogP contribution in [-0.2, 0) is 4.79 Å². The summed E-state index contributed by atoms with van der Waals surface area (Å²) in [4.78, 5) is 25.9. The molecule has 1 aromatic heterocycles. The first-order valence-electron chi connectivity index (χ1n) is 5.39. The van der Waals surface area contributed by atoms with Gasteiger partial charge in [0.2, 0.25) is 5.88 Å². The molecular weight excluding hydrogens is 281 g/mol. The summed E-state index contributed by atoms with van der Waals surface area (Å²) in [6.45, 7) is -0.383. The van der Waals surface area contributed by atoms with Gasteiger partial charge in [-0.15, -0.1) is 0 Å². The lowest BCUT2D eigenvalue weighted by Gasteiger charge is -2.13. The molecule has 0 aliphatic rings. The van der Waals surface area contributed by atoms with Gasteiger partial charge in [0.05, 0.1) is 0 Å². The highest BCUT2D eigenvalue weighted by Crippen LogP contribution is 2.19. The number of nitrogens with one attached hydrogen (secondary N) is 1. The minimum absolute atomic E-state index is 0.273. The number of ether oxygens (including phenoxy) is 1. The van der Waals surface area contributed by atoms with Crippen LogP contribution in [0, 0.1) is 0 Å². The minimum Gasteiger partial charge on any atom is -0.480 e. The Morgan fingerprint density at radius 3 is 2.70 bits per heavy atom. The fourth-order valence-corrected chi connectivity index (χ4v) is 1.16. The Bertz CT molecular complexity index is 505. The average molecular weight is 292 g/mol. The van der Waals surface area contributed by atoms with Crippen LogP contribution in [-0.4, -0.2) is 40.8 Å². The molecule has 2 N–H and O–H groups in total. The highest BCUT2D eigenvalue weighted by atomic mass is 19.4. The molecule has 0 radical (unpaired) electrons. The van der Waals surface area contributed by atoms with E-state index in [4.69, 9.17) is 5.11 Å². The lowest BCUT2D eigenvalue weighted by atomic mass is 10.2. The molecule has 0 fully saturated rings. The Balaban J connectivity index is 2.84. The smallest absolute Gasteiger partial charge is 0.422 e. The van der Waals surface area contributed by atoms with Crippen LogP contribution >= 0.6 is 0 Å². The third-order valence-electron chi connectivity index (χ3n) is 2.11. The van der Waals surface area contributed by atoms with Crippen molar-refractivity contribution < 1.29 is 32.6 Å². The van der Waals surface area contributed by atoms with Gasteiger partial charge < -0.3 is 15.2 Å². The highest BCUT2D eigenvalue weighted by Gasteiger charge is 2.29. The lowest BCUT2D eigenvalue weighted by molar-refractivity contribution is -0.154. The van der Waals surface area contributed by atoms with Crippen molar-refractivity contribution in [2.24, 2.45) is 0 Å². The van der Waals surface area contributed by atoms with Crippen LogP contribution in [0.25, 0.3) is 0 Å². The third-order valence-corrected chi connectivity index (χ3v) is 2.11. The van der Waals surface area contributed by atoms with Crippen molar-refractivity contribution in [3.63, 3.8) is 0 Å². The Morgan fingerprint density at radius 2 is 2.15 bits per heavy atom. The summed E-state index contributed by atoms with van der Waals surface area (Å²) in [6.07, 6.45) is -3.41. The number of aromatic nitrogens is 1. The van der Waals surface area contributed by atoms with Gasteiger partial charge in [-0.3, -0.25) is 9.59 Å². The maximum atomic E-state index is 12.1. The molecule has 0 saturated heterocycles. The Labute approximate surface area is 111 Å². The SMILES string of the molecule is CC(NC(=O)c1cccnc1OCC(F)(F)F)C(=O)O. The predicted molar refractivity (Wildman–Crippen MR) is 60.4 cm³/mol. The second-order valence-electron chi connectivity index (χ2n) is 3.79. The summed E-state index contributed by atoms with van der Waals surface area (Å²) < 4.78 is 40.6. The van der Waals surface area contributed by atoms with E-state index < -0.39 is 36.6 Å². The first-order chi connectivity index (χ1) is 9.20. The Hall–Kier alpha value is -2.32. The molecule has 1 atom stereocenters. The number of amides is 1. The summed E-state index contributed by atoms with van der Waals surface area (Å²) >= 11 is 0. The molecule has 0 aliphatic heterocycles. The zero-order valence-electron chi connectivity index (χ0n) is 10.3. The summed E-state index contributed by atoms with van der Waals surface area (Å²) in [5.41, 5.74) is -0.273. The number of carboxylic acids is 1. The van der Waals surface area contributed by atoms with Gasteiger partial charge in [-0.25, -0.2) is 4.98 Å². The van der Waals surface area contributed by atoms with E-state index in [1.165, 1.54) is 19.1 Å². The topological polar surface area (TPSA) is 88.5 Å². The number of aliphatic carboxylic acids is 1. The molecule has 1 unspecified atom stereocenters. The largest absolute Gasteiger partial charge is 0.480 e. The van der Waals surface area contributed by atoms with E-state index >= 15 is 0 Å². The number of hydrogen-bond donors (Lipinski definition) is 2.